The zero-order valence-corrected chi connectivity index (χ0v) is 33.8. The molecule has 3 heterocycles. The van der Waals surface area contributed by atoms with Crippen molar-refractivity contribution in [3.05, 3.63) is 54.1 Å². The molecule has 1 aromatic carbocycles. The van der Waals surface area contributed by atoms with Crippen LogP contribution in [0.5, 0.6) is 0 Å². The normalized spacial score (nSPS) is 28.2. The summed E-state index contributed by atoms with van der Waals surface area (Å²) in [6.07, 6.45) is 4.84. The number of rotatable bonds is 21. The average molecular weight is 769 g/mol. The highest BCUT2D eigenvalue weighted by molar-refractivity contribution is 7.91. The Hall–Kier alpha value is -1.64. The van der Waals surface area contributed by atoms with Gasteiger partial charge in [-0.25, -0.2) is 8.42 Å². The van der Waals surface area contributed by atoms with Crippen LogP contribution in [0.3, 0.4) is 0 Å². The summed E-state index contributed by atoms with van der Waals surface area (Å²) in [6, 6.07) is 7.08. The number of aliphatic hydroxyl groups is 1. The lowest BCUT2D eigenvalue weighted by Gasteiger charge is -2.28. The molecule has 0 aromatic heterocycles. The van der Waals surface area contributed by atoms with Crippen LogP contribution in [0.25, 0.3) is 0 Å². The molecule has 296 valence electrons. The minimum Gasteiger partial charge on any atom is -0.389 e. The molecule has 0 unspecified atom stereocenters. The van der Waals surface area contributed by atoms with Gasteiger partial charge in [-0.3, -0.25) is 4.18 Å². The van der Waals surface area contributed by atoms with Crippen molar-refractivity contribution in [2.45, 2.75) is 147 Å². The van der Waals surface area contributed by atoms with E-state index in [1.54, 1.807) is 12.1 Å². The fourth-order valence-electron chi connectivity index (χ4n) is 7.84. The molecule has 0 spiro atoms. The zero-order valence-electron chi connectivity index (χ0n) is 32.2. The Morgan fingerprint density at radius 3 is 2.27 bits per heavy atom. The molecule has 12 heteroatoms. The molecule has 4 rings (SSSR count). The quantitative estimate of drug-likeness (QED) is 0.105. The van der Waals surface area contributed by atoms with E-state index in [4.69, 9.17) is 23.1 Å². The predicted molar refractivity (Wildman–Crippen MR) is 203 cm³/mol. The number of hydrogen-bond donors (Lipinski definition) is 1. The highest BCUT2D eigenvalue weighted by Crippen LogP contribution is 2.41. The lowest BCUT2D eigenvalue weighted by Crippen LogP contribution is -2.32. The summed E-state index contributed by atoms with van der Waals surface area (Å²) >= 11 is 0. The molecule has 3 fully saturated rings. The number of benzene rings is 1. The smallest absolute Gasteiger partial charge is 0.264 e. The highest BCUT2D eigenvalue weighted by atomic mass is 32.2. The fourth-order valence-corrected chi connectivity index (χ4v) is 10.3. The summed E-state index contributed by atoms with van der Waals surface area (Å²) in [4.78, 5) is 0.298. The Morgan fingerprint density at radius 1 is 0.981 bits per heavy atom. The van der Waals surface area contributed by atoms with E-state index in [1.807, 2.05) is 26.0 Å². The Labute approximate surface area is 313 Å². The first-order valence-corrected chi connectivity index (χ1v) is 22.7. The Bertz CT molecular complexity index is 1520. The zero-order chi connectivity index (χ0) is 38.2. The number of aliphatic hydroxyl groups excluding tert-OH is 1. The van der Waals surface area contributed by atoms with Gasteiger partial charge in [0.15, 0.2) is 16.1 Å². The molecule has 0 bridgehead atoms. The minimum atomic E-state index is -3.76. The van der Waals surface area contributed by atoms with Crippen LogP contribution in [-0.2, 0) is 49.5 Å². The maximum Gasteiger partial charge on any atom is 0.264 e. The number of hydrogen-bond acceptors (Lipinski definition) is 10. The summed E-state index contributed by atoms with van der Waals surface area (Å²) in [5.74, 6) is -0.285. The van der Waals surface area contributed by atoms with Gasteiger partial charge < -0.3 is 24.1 Å². The second-order valence-corrected chi connectivity index (χ2v) is 19.2. The summed E-state index contributed by atoms with van der Waals surface area (Å²) < 4.78 is 81.5. The molecule has 0 aliphatic carbocycles. The molecule has 52 heavy (non-hydrogen) atoms. The molecule has 0 saturated carbocycles. The van der Waals surface area contributed by atoms with E-state index in [0.717, 1.165) is 55.9 Å². The molecule has 3 aliphatic heterocycles. The monoisotopic (exact) mass is 768 g/mol. The van der Waals surface area contributed by atoms with Crippen molar-refractivity contribution in [3.8, 4) is 0 Å². The van der Waals surface area contributed by atoms with E-state index in [0.29, 0.717) is 48.9 Å². The van der Waals surface area contributed by atoms with Crippen molar-refractivity contribution in [2.24, 2.45) is 23.7 Å². The third-order valence-electron chi connectivity index (χ3n) is 11.4. The first kappa shape index (κ1) is 43.1. The van der Waals surface area contributed by atoms with Crippen molar-refractivity contribution in [1.29, 1.82) is 0 Å². The van der Waals surface area contributed by atoms with Gasteiger partial charge in [0.1, 0.15) is 0 Å². The van der Waals surface area contributed by atoms with Gasteiger partial charge in [-0.15, -0.1) is 0 Å². The second kappa shape index (κ2) is 19.3. The summed E-state index contributed by atoms with van der Waals surface area (Å²) in [6.45, 7) is 20.0. The van der Waals surface area contributed by atoms with E-state index in [2.05, 4.69) is 33.9 Å². The average Bonchev–Trinajstić information content (AvgIpc) is 3.81. The predicted octanol–water partition coefficient (Wildman–Crippen LogP) is 6.80. The van der Waals surface area contributed by atoms with Crippen molar-refractivity contribution < 1.29 is 45.1 Å². The molecule has 0 radical (unpaired) electrons. The van der Waals surface area contributed by atoms with Gasteiger partial charge >= 0.3 is 0 Å². The van der Waals surface area contributed by atoms with E-state index >= 15 is 0 Å². The first-order chi connectivity index (χ1) is 24.5. The number of ether oxygens (including phenoxy) is 4. The van der Waals surface area contributed by atoms with Gasteiger partial charge in [0.25, 0.3) is 10.1 Å². The summed E-state index contributed by atoms with van der Waals surface area (Å²) in [5, 5.41) is 11.5. The minimum absolute atomic E-state index is 0.0131. The van der Waals surface area contributed by atoms with Crippen LogP contribution in [0.15, 0.2) is 53.5 Å². The van der Waals surface area contributed by atoms with Crippen LogP contribution >= 0.6 is 0 Å². The van der Waals surface area contributed by atoms with Gasteiger partial charge in [0.05, 0.1) is 66.7 Å². The Kier molecular flexibility index (Phi) is 16.0. The van der Waals surface area contributed by atoms with Gasteiger partial charge in [-0.2, -0.15) is 8.42 Å². The molecule has 3 saturated heterocycles. The van der Waals surface area contributed by atoms with Crippen molar-refractivity contribution >= 4 is 20.0 Å². The van der Waals surface area contributed by atoms with E-state index < -0.39 is 38.3 Å². The summed E-state index contributed by atoms with van der Waals surface area (Å²) in [7, 11) is -7.37. The highest BCUT2D eigenvalue weighted by Gasteiger charge is 2.45. The van der Waals surface area contributed by atoms with E-state index in [-0.39, 0.29) is 54.5 Å². The Morgan fingerprint density at radius 2 is 1.65 bits per heavy atom. The van der Waals surface area contributed by atoms with Crippen molar-refractivity contribution in [1.82, 2.24) is 0 Å². The lowest BCUT2D eigenvalue weighted by atomic mass is 9.83. The SMILES string of the molecule is C=C1C[C@H](CCC2OCCO2)O[C@H]1CC[C@H](C[C@H](C)C(=C)[C@H](O)C[C@@H]1O[C@H](C[C@H](C)CC)[C@H](C)[C@H]1CS(=O)(=O)c1ccc(CC)cc1)OS(C)(=O)=O. The molecule has 0 amide bonds. The first-order valence-electron chi connectivity index (χ1n) is 19.3. The third-order valence-corrected chi connectivity index (χ3v) is 13.9. The number of sulfone groups is 1. The Balaban J connectivity index is 1.38. The molecule has 3 aliphatic rings. The molecule has 1 N–H and O–H groups in total. The van der Waals surface area contributed by atoms with Crippen LogP contribution in [0, 0.1) is 23.7 Å². The molecule has 1 aromatic rings. The standard InChI is InChI=1S/C40H64O10S2/c1-9-26(3)21-38-30(7)35(25-52(44,45)34-15-11-31(10-2)12-16-34)39(49-38)24-36(41)29(6)27(4)22-33(50-51(8,42)43)13-17-37-28(5)23-32(48-37)14-18-40-46-19-20-47-40/h11-12,15-16,26-27,30,32-33,35-41H,5-6,9-10,13-14,17-25H2,1-4,7-8H3/t26-,27+,30-,32+,33-,35-,36-,37+,38-,39+/m1/s1. The van der Waals surface area contributed by atoms with Crippen LogP contribution in [0.1, 0.15) is 98.0 Å². The number of aryl methyl sites for hydroxylation is 1. The van der Waals surface area contributed by atoms with Gasteiger partial charge in [-0.1, -0.05) is 66.3 Å². The maximum absolute atomic E-state index is 13.7. The van der Waals surface area contributed by atoms with E-state index in [1.165, 1.54) is 0 Å². The molecular weight excluding hydrogens is 705 g/mol. The van der Waals surface area contributed by atoms with Gasteiger partial charge in [0, 0.05) is 18.8 Å². The molecular formula is C40H64O10S2. The third kappa shape index (κ3) is 12.4. The van der Waals surface area contributed by atoms with Crippen molar-refractivity contribution in [3.63, 3.8) is 0 Å². The van der Waals surface area contributed by atoms with E-state index in [9.17, 15) is 21.9 Å². The second-order valence-electron chi connectivity index (χ2n) is 15.6. The van der Waals surface area contributed by atoms with Crippen LogP contribution in [-0.4, -0.2) is 90.1 Å². The van der Waals surface area contributed by atoms with Crippen molar-refractivity contribution in [2.75, 3.05) is 25.2 Å². The van der Waals surface area contributed by atoms with Crippen LogP contribution < -0.4 is 0 Å². The summed E-state index contributed by atoms with van der Waals surface area (Å²) in [5.41, 5.74) is 2.60. The molecule has 10 nitrogen and oxygen atoms in total. The van der Waals surface area contributed by atoms with Crippen LogP contribution in [0.2, 0.25) is 0 Å². The fraction of sp³-hybridized carbons (Fsp3) is 0.750. The lowest BCUT2D eigenvalue weighted by molar-refractivity contribution is -0.0588. The van der Waals surface area contributed by atoms with Gasteiger partial charge in [-0.05, 0) is 91.5 Å². The maximum atomic E-state index is 13.7. The van der Waals surface area contributed by atoms with Crippen LogP contribution in [0.4, 0.5) is 0 Å². The topological polar surface area (TPSA) is 135 Å². The largest absolute Gasteiger partial charge is 0.389 e. The van der Waals surface area contributed by atoms with Gasteiger partial charge in [0.2, 0.25) is 0 Å². The molecule has 10 atom stereocenters.